The third-order valence-corrected chi connectivity index (χ3v) is 1.76. The molecule has 0 aliphatic rings. The molecule has 0 aromatic carbocycles. The molecule has 2 nitrogen and oxygen atoms in total. The van der Waals surface area contributed by atoms with E-state index in [1.165, 1.54) is 0 Å². The van der Waals surface area contributed by atoms with Crippen molar-refractivity contribution in [1.82, 2.24) is 0 Å². The highest BCUT2D eigenvalue weighted by atomic mass is 16.5. The van der Waals surface area contributed by atoms with Crippen molar-refractivity contribution in [2.45, 2.75) is 26.9 Å². The molecule has 0 spiro atoms. The van der Waals surface area contributed by atoms with Gasteiger partial charge >= 0.3 is 0 Å². The first-order chi connectivity index (χ1) is 4.09. The molecule has 0 saturated heterocycles. The molecule has 0 aliphatic heterocycles. The van der Waals surface area contributed by atoms with Crippen molar-refractivity contribution in [3.05, 3.63) is 0 Å². The second kappa shape index (κ2) is 3.62. The summed E-state index contributed by atoms with van der Waals surface area (Å²) < 4.78 is 5.03. The van der Waals surface area contributed by atoms with Gasteiger partial charge in [0.05, 0.1) is 6.10 Å². The van der Waals surface area contributed by atoms with Crippen LogP contribution in [0.25, 0.3) is 0 Å². The number of methoxy groups -OCH3 is 1. The van der Waals surface area contributed by atoms with Gasteiger partial charge in [-0.2, -0.15) is 0 Å². The summed E-state index contributed by atoms with van der Waals surface area (Å²) in [5.41, 5.74) is 0.685. The van der Waals surface area contributed by atoms with Crippen molar-refractivity contribution in [2.24, 2.45) is 5.92 Å². The average Bonchev–Trinajstić information content (AvgIpc) is 1.84. The second-order valence-electron chi connectivity index (χ2n) is 2.41. The van der Waals surface area contributed by atoms with E-state index in [0.29, 0.717) is 5.71 Å². The van der Waals surface area contributed by atoms with E-state index in [0.717, 1.165) is 0 Å². The summed E-state index contributed by atoms with van der Waals surface area (Å²) in [5, 5.41) is 7.25. The summed E-state index contributed by atoms with van der Waals surface area (Å²) in [6, 6.07) is 0. The first-order valence-electron chi connectivity index (χ1n) is 3.17. The fourth-order valence-electron chi connectivity index (χ4n) is 0.556. The molecule has 0 fully saturated rings. The zero-order valence-electron chi connectivity index (χ0n) is 6.56. The van der Waals surface area contributed by atoms with Gasteiger partial charge in [0, 0.05) is 18.7 Å². The summed E-state index contributed by atoms with van der Waals surface area (Å²) in [6.45, 7) is 5.78. The van der Waals surface area contributed by atoms with Crippen LogP contribution in [0, 0.1) is 11.3 Å². The fourth-order valence-corrected chi connectivity index (χ4v) is 0.556. The van der Waals surface area contributed by atoms with Crippen molar-refractivity contribution in [1.29, 1.82) is 5.41 Å². The lowest BCUT2D eigenvalue weighted by Gasteiger charge is -2.16. The van der Waals surface area contributed by atoms with Crippen molar-refractivity contribution >= 4 is 5.71 Å². The molecule has 1 N–H and O–H groups in total. The van der Waals surface area contributed by atoms with E-state index in [1.54, 1.807) is 14.0 Å². The number of rotatable bonds is 3. The van der Waals surface area contributed by atoms with Crippen LogP contribution in [0.1, 0.15) is 20.8 Å². The van der Waals surface area contributed by atoms with Crippen molar-refractivity contribution in [3.8, 4) is 0 Å². The normalized spacial score (nSPS) is 16.9. The standard InChI is InChI=1S/C7H15NO/c1-5(6(2)8)7(3)9-4/h5,7-8H,1-4H3. The molecule has 0 saturated carbocycles. The minimum atomic E-state index is 0.169. The van der Waals surface area contributed by atoms with Crippen LogP contribution in [0.2, 0.25) is 0 Å². The Bertz CT molecular complexity index is 101. The van der Waals surface area contributed by atoms with Gasteiger partial charge < -0.3 is 10.1 Å². The van der Waals surface area contributed by atoms with Gasteiger partial charge in [0.15, 0.2) is 0 Å². The molecule has 2 heteroatoms. The van der Waals surface area contributed by atoms with E-state index in [9.17, 15) is 0 Å². The minimum absolute atomic E-state index is 0.169. The molecule has 9 heavy (non-hydrogen) atoms. The van der Waals surface area contributed by atoms with Crippen molar-refractivity contribution in [3.63, 3.8) is 0 Å². The van der Waals surface area contributed by atoms with Gasteiger partial charge in [-0.3, -0.25) is 0 Å². The molecular formula is C7H15NO. The fraction of sp³-hybridized carbons (Fsp3) is 0.857. The van der Waals surface area contributed by atoms with Crippen LogP contribution >= 0.6 is 0 Å². The average molecular weight is 129 g/mol. The van der Waals surface area contributed by atoms with Gasteiger partial charge in [0.1, 0.15) is 0 Å². The lowest BCUT2D eigenvalue weighted by molar-refractivity contribution is 0.0953. The van der Waals surface area contributed by atoms with Crippen LogP contribution in [0.4, 0.5) is 0 Å². The highest BCUT2D eigenvalue weighted by Crippen LogP contribution is 2.06. The Kier molecular flexibility index (Phi) is 3.47. The molecule has 0 aliphatic carbocycles. The maximum Gasteiger partial charge on any atom is 0.0620 e. The molecule has 54 valence electrons. The minimum Gasteiger partial charge on any atom is -0.381 e. The molecule has 0 aromatic rings. The number of hydrogen-bond acceptors (Lipinski definition) is 2. The number of hydrogen-bond donors (Lipinski definition) is 1. The Hall–Kier alpha value is -0.370. The van der Waals surface area contributed by atoms with Gasteiger partial charge in [-0.1, -0.05) is 6.92 Å². The molecule has 0 radical (unpaired) electrons. The van der Waals surface area contributed by atoms with Crippen LogP contribution in [-0.2, 0) is 4.74 Å². The summed E-state index contributed by atoms with van der Waals surface area (Å²) in [6.07, 6.45) is 0.169. The predicted molar refractivity (Wildman–Crippen MR) is 39.0 cm³/mol. The number of ether oxygens (including phenoxy) is 1. The lowest BCUT2D eigenvalue weighted by Crippen LogP contribution is -2.21. The monoisotopic (exact) mass is 129 g/mol. The van der Waals surface area contributed by atoms with Gasteiger partial charge in [-0.15, -0.1) is 0 Å². The summed E-state index contributed by atoms with van der Waals surface area (Å²) in [4.78, 5) is 0. The van der Waals surface area contributed by atoms with Crippen LogP contribution in [-0.4, -0.2) is 18.9 Å². The first-order valence-corrected chi connectivity index (χ1v) is 3.17. The predicted octanol–water partition coefficient (Wildman–Crippen LogP) is 1.70. The molecule has 0 heterocycles. The van der Waals surface area contributed by atoms with Crippen LogP contribution in [0.5, 0.6) is 0 Å². The van der Waals surface area contributed by atoms with E-state index < -0.39 is 0 Å². The number of nitrogens with one attached hydrogen (secondary N) is 1. The third-order valence-electron chi connectivity index (χ3n) is 1.76. The van der Waals surface area contributed by atoms with Gasteiger partial charge in [0.2, 0.25) is 0 Å². The first kappa shape index (κ1) is 8.63. The molecule has 2 unspecified atom stereocenters. The maximum atomic E-state index is 7.25. The Labute approximate surface area is 56.7 Å². The third kappa shape index (κ3) is 2.61. The second-order valence-corrected chi connectivity index (χ2v) is 2.41. The SMILES string of the molecule is COC(C)C(C)C(C)=N. The van der Waals surface area contributed by atoms with Gasteiger partial charge in [-0.25, -0.2) is 0 Å². The van der Waals surface area contributed by atoms with E-state index in [-0.39, 0.29) is 12.0 Å². The summed E-state index contributed by atoms with van der Waals surface area (Å²) in [5.74, 6) is 0.245. The quantitative estimate of drug-likeness (QED) is 0.578. The zero-order chi connectivity index (χ0) is 7.44. The smallest absolute Gasteiger partial charge is 0.0620 e. The molecule has 2 atom stereocenters. The highest BCUT2D eigenvalue weighted by molar-refractivity contribution is 5.81. The molecule has 0 amide bonds. The van der Waals surface area contributed by atoms with Crippen molar-refractivity contribution in [2.75, 3.05) is 7.11 Å². The summed E-state index contributed by atoms with van der Waals surface area (Å²) >= 11 is 0. The Morgan fingerprint density at radius 1 is 1.44 bits per heavy atom. The lowest BCUT2D eigenvalue weighted by atomic mass is 10.0. The van der Waals surface area contributed by atoms with E-state index in [1.807, 2.05) is 13.8 Å². The van der Waals surface area contributed by atoms with E-state index in [4.69, 9.17) is 10.1 Å². The van der Waals surface area contributed by atoms with Gasteiger partial charge in [-0.05, 0) is 13.8 Å². The van der Waals surface area contributed by atoms with Crippen LogP contribution < -0.4 is 0 Å². The molecular weight excluding hydrogens is 114 g/mol. The van der Waals surface area contributed by atoms with E-state index >= 15 is 0 Å². The molecule has 0 bridgehead atoms. The molecule has 0 rings (SSSR count). The largest absolute Gasteiger partial charge is 0.381 e. The Morgan fingerprint density at radius 3 is 2.00 bits per heavy atom. The van der Waals surface area contributed by atoms with E-state index in [2.05, 4.69) is 0 Å². The maximum absolute atomic E-state index is 7.25. The molecule has 0 aromatic heterocycles. The highest BCUT2D eigenvalue weighted by Gasteiger charge is 2.11. The van der Waals surface area contributed by atoms with Crippen molar-refractivity contribution < 1.29 is 4.74 Å². The zero-order valence-corrected chi connectivity index (χ0v) is 6.56. The van der Waals surface area contributed by atoms with Crippen LogP contribution in [0.3, 0.4) is 0 Å². The Balaban J connectivity index is 3.72. The van der Waals surface area contributed by atoms with Crippen LogP contribution in [0.15, 0.2) is 0 Å². The summed E-state index contributed by atoms with van der Waals surface area (Å²) in [7, 11) is 1.67. The Morgan fingerprint density at radius 2 is 1.89 bits per heavy atom. The van der Waals surface area contributed by atoms with Gasteiger partial charge in [0.25, 0.3) is 0 Å². The topological polar surface area (TPSA) is 33.1 Å².